The molecule has 0 aliphatic heterocycles. The van der Waals surface area contributed by atoms with Gasteiger partial charge in [-0.05, 0) is 19.2 Å². The molecule has 28 heavy (non-hydrogen) atoms. The number of aromatic nitrogens is 2. The number of hydrogen-bond acceptors (Lipinski definition) is 5. The third kappa shape index (κ3) is 5.84. The van der Waals surface area contributed by atoms with Crippen LogP contribution in [0.1, 0.15) is 17.5 Å². The Morgan fingerprint density at radius 2 is 2.04 bits per heavy atom. The van der Waals surface area contributed by atoms with E-state index in [0.717, 1.165) is 11.6 Å². The lowest BCUT2D eigenvalue weighted by Crippen LogP contribution is -2.25. The van der Waals surface area contributed by atoms with E-state index in [-0.39, 0.29) is 12.4 Å². The second-order valence-corrected chi connectivity index (χ2v) is 6.70. The standard InChI is InChI=1S/C18H24ClF3N4O2/c1-26(5-4-23)11-13-10-24-25-17(13)12-8-14(18(20,21)22)16(19)15(9-12)28-7-3-6-27-2/h8-10H,3-7,11,23H2,1-2H3,(H,24,25). The molecule has 0 aliphatic rings. The van der Waals surface area contributed by atoms with Crippen molar-refractivity contribution in [1.29, 1.82) is 0 Å². The normalized spacial score (nSPS) is 12.0. The molecule has 0 saturated carbocycles. The number of benzene rings is 1. The van der Waals surface area contributed by atoms with Gasteiger partial charge in [0, 0.05) is 50.9 Å². The van der Waals surface area contributed by atoms with Crippen LogP contribution in [0.3, 0.4) is 0 Å². The second kappa shape index (κ2) is 10.1. The van der Waals surface area contributed by atoms with Crippen molar-refractivity contribution in [3.63, 3.8) is 0 Å². The van der Waals surface area contributed by atoms with Crippen molar-refractivity contribution in [2.24, 2.45) is 5.73 Å². The SMILES string of the molecule is COCCCOc1cc(-c2[nH]ncc2CN(C)CCN)cc(C(F)(F)F)c1Cl. The number of nitrogens with zero attached hydrogens (tertiary/aromatic N) is 2. The molecule has 0 atom stereocenters. The number of alkyl halides is 3. The monoisotopic (exact) mass is 420 g/mol. The summed E-state index contributed by atoms with van der Waals surface area (Å²) in [6, 6.07) is 2.49. The molecular formula is C18H24ClF3N4O2. The minimum atomic E-state index is -4.62. The Bertz CT molecular complexity index is 768. The lowest BCUT2D eigenvalue weighted by atomic mass is 10.0. The number of aromatic amines is 1. The van der Waals surface area contributed by atoms with Crippen molar-refractivity contribution in [3.05, 3.63) is 34.5 Å². The van der Waals surface area contributed by atoms with Gasteiger partial charge in [0.1, 0.15) is 5.75 Å². The minimum Gasteiger partial charge on any atom is -0.492 e. The first-order chi connectivity index (χ1) is 13.3. The van der Waals surface area contributed by atoms with E-state index >= 15 is 0 Å². The molecule has 0 spiro atoms. The Morgan fingerprint density at radius 3 is 2.68 bits per heavy atom. The number of ether oxygens (including phenoxy) is 2. The average molecular weight is 421 g/mol. The molecule has 3 N–H and O–H groups in total. The van der Waals surface area contributed by atoms with Gasteiger partial charge < -0.3 is 20.1 Å². The molecule has 1 heterocycles. The molecule has 0 unspecified atom stereocenters. The third-order valence-electron chi connectivity index (χ3n) is 4.05. The van der Waals surface area contributed by atoms with E-state index in [4.69, 9.17) is 26.8 Å². The summed E-state index contributed by atoms with van der Waals surface area (Å²) in [7, 11) is 3.41. The van der Waals surface area contributed by atoms with Gasteiger partial charge >= 0.3 is 6.18 Å². The van der Waals surface area contributed by atoms with Crippen molar-refractivity contribution >= 4 is 11.6 Å². The average Bonchev–Trinajstić information content (AvgIpc) is 3.07. The number of likely N-dealkylation sites (N-methyl/N-ethyl adjacent to an activating group) is 1. The Hall–Kier alpha value is -1.81. The molecule has 156 valence electrons. The van der Waals surface area contributed by atoms with Gasteiger partial charge in [-0.25, -0.2) is 0 Å². The van der Waals surface area contributed by atoms with Gasteiger partial charge in [-0.2, -0.15) is 18.3 Å². The Morgan fingerprint density at radius 1 is 1.29 bits per heavy atom. The largest absolute Gasteiger partial charge is 0.492 e. The molecule has 1 aromatic heterocycles. The van der Waals surface area contributed by atoms with Crippen molar-refractivity contribution in [2.45, 2.75) is 19.1 Å². The topological polar surface area (TPSA) is 76.4 Å². The highest BCUT2D eigenvalue weighted by atomic mass is 35.5. The molecule has 6 nitrogen and oxygen atoms in total. The molecule has 0 radical (unpaired) electrons. The van der Waals surface area contributed by atoms with Gasteiger partial charge in [0.15, 0.2) is 0 Å². The van der Waals surface area contributed by atoms with E-state index in [1.807, 2.05) is 11.9 Å². The highest BCUT2D eigenvalue weighted by molar-refractivity contribution is 6.33. The molecule has 0 amide bonds. The quantitative estimate of drug-likeness (QED) is 0.575. The van der Waals surface area contributed by atoms with E-state index in [9.17, 15) is 13.2 Å². The Balaban J connectivity index is 2.40. The molecule has 0 bridgehead atoms. The maximum atomic E-state index is 13.5. The summed E-state index contributed by atoms with van der Waals surface area (Å²) in [5.41, 5.74) is 6.12. The maximum Gasteiger partial charge on any atom is 0.418 e. The molecule has 2 aromatic rings. The van der Waals surface area contributed by atoms with E-state index in [0.29, 0.717) is 43.9 Å². The number of methoxy groups -OCH3 is 1. The van der Waals surface area contributed by atoms with E-state index in [1.54, 1.807) is 6.20 Å². The van der Waals surface area contributed by atoms with Crippen LogP contribution in [-0.2, 0) is 17.5 Å². The summed E-state index contributed by atoms with van der Waals surface area (Å²) < 4.78 is 50.9. The van der Waals surface area contributed by atoms with Crippen LogP contribution < -0.4 is 10.5 Å². The smallest absolute Gasteiger partial charge is 0.418 e. The number of nitrogens with two attached hydrogens (primary N) is 1. The summed E-state index contributed by atoms with van der Waals surface area (Å²) in [4.78, 5) is 1.96. The second-order valence-electron chi connectivity index (χ2n) is 6.33. The highest BCUT2D eigenvalue weighted by Crippen LogP contribution is 2.42. The fraction of sp³-hybridized carbons (Fsp3) is 0.500. The molecule has 0 saturated heterocycles. The summed E-state index contributed by atoms with van der Waals surface area (Å²) in [5.74, 6) is -0.0292. The molecular weight excluding hydrogens is 397 g/mol. The number of halogens is 4. The van der Waals surface area contributed by atoms with Crippen LogP contribution in [0.4, 0.5) is 13.2 Å². The van der Waals surface area contributed by atoms with Crippen molar-refractivity contribution < 1.29 is 22.6 Å². The molecule has 10 heteroatoms. The van der Waals surface area contributed by atoms with Crippen LogP contribution in [0.5, 0.6) is 5.75 Å². The van der Waals surface area contributed by atoms with Crippen molar-refractivity contribution in [3.8, 4) is 17.0 Å². The maximum absolute atomic E-state index is 13.5. The van der Waals surface area contributed by atoms with Crippen LogP contribution in [-0.4, -0.2) is 55.6 Å². The lowest BCUT2D eigenvalue weighted by Gasteiger charge is -2.18. The van der Waals surface area contributed by atoms with Crippen LogP contribution in [0.15, 0.2) is 18.3 Å². The summed E-state index contributed by atoms with van der Waals surface area (Å²) in [6.07, 6.45) is -2.50. The van der Waals surface area contributed by atoms with Gasteiger partial charge in [0.25, 0.3) is 0 Å². The van der Waals surface area contributed by atoms with Crippen LogP contribution >= 0.6 is 11.6 Å². The zero-order chi connectivity index (χ0) is 20.7. The van der Waals surface area contributed by atoms with Gasteiger partial charge in [0.05, 0.1) is 29.1 Å². The number of rotatable bonds is 10. The summed E-state index contributed by atoms with van der Waals surface area (Å²) in [5, 5.41) is 6.30. The minimum absolute atomic E-state index is 0.0292. The van der Waals surface area contributed by atoms with Crippen LogP contribution in [0.2, 0.25) is 5.02 Å². The lowest BCUT2D eigenvalue weighted by molar-refractivity contribution is -0.137. The van der Waals surface area contributed by atoms with E-state index < -0.39 is 16.8 Å². The molecule has 0 fully saturated rings. The van der Waals surface area contributed by atoms with Gasteiger partial charge in [-0.3, -0.25) is 5.10 Å². The van der Waals surface area contributed by atoms with Crippen molar-refractivity contribution in [1.82, 2.24) is 15.1 Å². The predicted octanol–water partition coefficient (Wildman–Crippen LogP) is 3.55. The molecule has 0 aliphatic carbocycles. The van der Waals surface area contributed by atoms with Crippen molar-refractivity contribution in [2.75, 3.05) is 40.5 Å². The fourth-order valence-corrected chi connectivity index (χ4v) is 2.98. The fourth-order valence-electron chi connectivity index (χ4n) is 2.71. The van der Waals surface area contributed by atoms with E-state index in [2.05, 4.69) is 10.2 Å². The number of H-pyrrole nitrogens is 1. The predicted molar refractivity (Wildman–Crippen MR) is 101 cm³/mol. The van der Waals surface area contributed by atoms with Gasteiger partial charge in [-0.15, -0.1) is 0 Å². The zero-order valence-corrected chi connectivity index (χ0v) is 16.5. The molecule has 1 aromatic carbocycles. The molecule has 2 rings (SSSR count). The van der Waals surface area contributed by atoms with E-state index in [1.165, 1.54) is 13.2 Å². The first-order valence-corrected chi connectivity index (χ1v) is 9.09. The first kappa shape index (κ1) is 22.5. The van der Waals surface area contributed by atoms with Crippen LogP contribution in [0, 0.1) is 0 Å². The van der Waals surface area contributed by atoms with Crippen LogP contribution in [0.25, 0.3) is 11.3 Å². The number of nitrogens with one attached hydrogen (secondary N) is 1. The first-order valence-electron chi connectivity index (χ1n) is 8.71. The third-order valence-corrected chi connectivity index (χ3v) is 4.44. The van der Waals surface area contributed by atoms with Gasteiger partial charge in [-0.1, -0.05) is 11.6 Å². The summed E-state index contributed by atoms with van der Waals surface area (Å²) >= 11 is 5.98. The zero-order valence-electron chi connectivity index (χ0n) is 15.8. The number of hydrogen-bond donors (Lipinski definition) is 2. The Labute approximate surface area is 166 Å². The summed E-state index contributed by atoms with van der Waals surface area (Å²) in [6.45, 7) is 2.22. The Kier molecular flexibility index (Phi) is 8.11. The van der Waals surface area contributed by atoms with Gasteiger partial charge in [0.2, 0.25) is 0 Å². The highest BCUT2D eigenvalue weighted by Gasteiger charge is 2.35.